The maximum Gasteiger partial charge on any atom is 0.329 e. The van der Waals surface area contributed by atoms with Crippen LogP contribution < -0.4 is 4.74 Å². The minimum atomic E-state index is -0.650. The molecule has 0 aliphatic carbocycles. The summed E-state index contributed by atoms with van der Waals surface area (Å²) < 4.78 is 5.34. The van der Waals surface area contributed by atoms with Gasteiger partial charge in [-0.3, -0.25) is 20.2 Å². The van der Waals surface area contributed by atoms with E-state index in [0.717, 1.165) is 0 Å². The Morgan fingerprint density at radius 3 is 2.15 bits per heavy atom. The van der Waals surface area contributed by atoms with E-state index in [9.17, 15) is 20.2 Å². The molecule has 0 saturated carbocycles. The third-order valence-electron chi connectivity index (χ3n) is 2.41. The SMILES string of the molecule is O=[N+]([O-])c1ccc(Oc2cccc(Cl)c2[N+](=O)[O-])cc1. The van der Waals surface area contributed by atoms with Crippen molar-refractivity contribution in [1.29, 1.82) is 0 Å². The first kappa shape index (κ1) is 13.8. The number of hydrogen-bond acceptors (Lipinski definition) is 5. The van der Waals surface area contributed by atoms with Crippen LogP contribution in [0.3, 0.4) is 0 Å². The Balaban J connectivity index is 2.33. The summed E-state index contributed by atoms with van der Waals surface area (Å²) in [6.45, 7) is 0. The fourth-order valence-electron chi connectivity index (χ4n) is 1.52. The Kier molecular flexibility index (Phi) is 3.81. The summed E-state index contributed by atoms with van der Waals surface area (Å²) in [5.74, 6) is 0.206. The van der Waals surface area contributed by atoms with E-state index in [1.54, 1.807) is 0 Å². The van der Waals surface area contributed by atoms with Crippen LogP contribution >= 0.6 is 11.6 Å². The van der Waals surface area contributed by atoms with Gasteiger partial charge in [0.2, 0.25) is 5.75 Å². The fourth-order valence-corrected chi connectivity index (χ4v) is 1.75. The number of halogens is 1. The van der Waals surface area contributed by atoms with Crippen molar-refractivity contribution in [3.05, 3.63) is 67.7 Å². The van der Waals surface area contributed by atoms with Gasteiger partial charge in [-0.25, -0.2) is 0 Å². The van der Waals surface area contributed by atoms with Crippen molar-refractivity contribution in [1.82, 2.24) is 0 Å². The summed E-state index contributed by atoms with van der Waals surface area (Å²) in [5, 5.41) is 21.4. The molecule has 8 heteroatoms. The van der Waals surface area contributed by atoms with Gasteiger partial charge in [-0.05, 0) is 24.3 Å². The summed E-state index contributed by atoms with van der Waals surface area (Å²) in [4.78, 5) is 20.2. The van der Waals surface area contributed by atoms with E-state index in [0.29, 0.717) is 0 Å². The predicted octanol–water partition coefficient (Wildman–Crippen LogP) is 3.95. The monoisotopic (exact) mass is 294 g/mol. The van der Waals surface area contributed by atoms with Crippen LogP contribution in [0.5, 0.6) is 11.5 Å². The molecule has 0 heterocycles. The Labute approximate surface area is 117 Å². The van der Waals surface area contributed by atoms with Crippen LogP contribution in [0, 0.1) is 20.2 Å². The van der Waals surface area contributed by atoms with Gasteiger partial charge in [0.25, 0.3) is 5.69 Å². The Bertz CT molecular complexity index is 672. The Hall–Kier alpha value is -2.67. The quantitative estimate of drug-likeness (QED) is 0.628. The minimum Gasteiger partial charge on any atom is -0.450 e. The minimum absolute atomic E-state index is 0.0312. The summed E-state index contributed by atoms with van der Waals surface area (Å²) in [6, 6.07) is 9.47. The molecule has 2 aromatic rings. The lowest BCUT2D eigenvalue weighted by molar-refractivity contribution is -0.385. The van der Waals surface area contributed by atoms with Crippen molar-refractivity contribution in [3.63, 3.8) is 0 Å². The highest BCUT2D eigenvalue weighted by Crippen LogP contribution is 2.37. The number of benzene rings is 2. The van der Waals surface area contributed by atoms with E-state index in [1.807, 2.05) is 0 Å². The maximum atomic E-state index is 10.9. The average Bonchev–Trinajstić information content (AvgIpc) is 2.39. The standard InChI is InChI=1S/C12H7ClN2O5/c13-10-2-1-3-11(12(10)15(18)19)20-9-6-4-8(5-7-9)14(16)17/h1-7H. The summed E-state index contributed by atoms with van der Waals surface area (Å²) in [7, 11) is 0. The number of non-ortho nitro benzene ring substituents is 1. The van der Waals surface area contributed by atoms with E-state index in [-0.39, 0.29) is 27.9 Å². The third kappa shape index (κ3) is 2.83. The lowest BCUT2D eigenvalue weighted by Crippen LogP contribution is -1.94. The third-order valence-corrected chi connectivity index (χ3v) is 2.71. The summed E-state index contributed by atoms with van der Waals surface area (Å²) in [5.41, 5.74) is -0.453. The Morgan fingerprint density at radius 2 is 1.60 bits per heavy atom. The van der Waals surface area contributed by atoms with Gasteiger partial charge in [-0.1, -0.05) is 17.7 Å². The molecule has 0 radical (unpaired) electrons. The van der Waals surface area contributed by atoms with Crippen molar-refractivity contribution in [2.45, 2.75) is 0 Å². The maximum absolute atomic E-state index is 10.9. The van der Waals surface area contributed by atoms with Gasteiger partial charge in [0.1, 0.15) is 10.8 Å². The predicted molar refractivity (Wildman–Crippen MR) is 71.3 cm³/mol. The molecule has 0 spiro atoms. The van der Waals surface area contributed by atoms with Crippen molar-refractivity contribution < 1.29 is 14.6 Å². The highest BCUT2D eigenvalue weighted by atomic mass is 35.5. The number of rotatable bonds is 4. The largest absolute Gasteiger partial charge is 0.450 e. The smallest absolute Gasteiger partial charge is 0.329 e. The lowest BCUT2D eigenvalue weighted by atomic mass is 10.3. The zero-order chi connectivity index (χ0) is 14.7. The molecule has 0 amide bonds. The van der Waals surface area contributed by atoms with Crippen molar-refractivity contribution in [2.75, 3.05) is 0 Å². The van der Waals surface area contributed by atoms with Gasteiger partial charge in [-0.15, -0.1) is 0 Å². The van der Waals surface area contributed by atoms with Gasteiger partial charge in [0.05, 0.1) is 9.85 Å². The molecule has 7 nitrogen and oxygen atoms in total. The molecule has 102 valence electrons. The molecule has 0 aliphatic heterocycles. The van der Waals surface area contributed by atoms with E-state index in [4.69, 9.17) is 16.3 Å². The number of nitrogens with zero attached hydrogens (tertiary/aromatic N) is 2. The summed E-state index contributed by atoms with van der Waals surface area (Å²) in [6.07, 6.45) is 0. The number of nitro benzene ring substituents is 2. The Morgan fingerprint density at radius 1 is 0.950 bits per heavy atom. The van der Waals surface area contributed by atoms with Crippen LogP contribution in [-0.4, -0.2) is 9.85 Å². The average molecular weight is 295 g/mol. The normalized spacial score (nSPS) is 10.1. The first-order valence-electron chi connectivity index (χ1n) is 5.34. The van der Waals surface area contributed by atoms with Crippen LogP contribution in [0.4, 0.5) is 11.4 Å². The number of hydrogen-bond donors (Lipinski definition) is 0. The zero-order valence-electron chi connectivity index (χ0n) is 9.86. The van der Waals surface area contributed by atoms with E-state index >= 15 is 0 Å². The molecule has 0 aliphatic rings. The molecular formula is C12H7ClN2O5. The molecule has 0 unspecified atom stereocenters. The molecule has 2 aromatic carbocycles. The second kappa shape index (κ2) is 5.54. The molecule has 0 saturated heterocycles. The zero-order valence-corrected chi connectivity index (χ0v) is 10.6. The molecule has 0 N–H and O–H groups in total. The number of ether oxygens (including phenoxy) is 1. The second-order valence-electron chi connectivity index (χ2n) is 3.70. The van der Waals surface area contributed by atoms with Crippen molar-refractivity contribution in [2.24, 2.45) is 0 Å². The molecular weight excluding hydrogens is 288 g/mol. The van der Waals surface area contributed by atoms with Gasteiger partial charge < -0.3 is 4.74 Å². The van der Waals surface area contributed by atoms with Gasteiger partial charge in [-0.2, -0.15) is 0 Å². The second-order valence-corrected chi connectivity index (χ2v) is 4.10. The molecule has 0 fully saturated rings. The molecule has 0 bridgehead atoms. The fraction of sp³-hybridized carbons (Fsp3) is 0. The van der Waals surface area contributed by atoms with Crippen LogP contribution in [0.25, 0.3) is 0 Å². The molecule has 0 atom stereocenters. The first-order chi connectivity index (χ1) is 9.49. The van der Waals surface area contributed by atoms with Crippen LogP contribution in [0.2, 0.25) is 5.02 Å². The van der Waals surface area contributed by atoms with Crippen LogP contribution in [0.1, 0.15) is 0 Å². The van der Waals surface area contributed by atoms with E-state index < -0.39 is 9.85 Å². The molecule has 2 rings (SSSR count). The van der Waals surface area contributed by atoms with Crippen molar-refractivity contribution >= 4 is 23.0 Å². The van der Waals surface area contributed by atoms with E-state index in [1.165, 1.54) is 42.5 Å². The topological polar surface area (TPSA) is 95.5 Å². The summed E-state index contributed by atoms with van der Waals surface area (Å²) >= 11 is 5.75. The first-order valence-corrected chi connectivity index (χ1v) is 5.72. The molecule has 20 heavy (non-hydrogen) atoms. The van der Waals surface area contributed by atoms with Crippen LogP contribution in [0.15, 0.2) is 42.5 Å². The number of nitro groups is 2. The highest BCUT2D eigenvalue weighted by Gasteiger charge is 2.20. The van der Waals surface area contributed by atoms with E-state index in [2.05, 4.69) is 0 Å². The molecule has 0 aromatic heterocycles. The van der Waals surface area contributed by atoms with Gasteiger partial charge in [0.15, 0.2) is 0 Å². The van der Waals surface area contributed by atoms with Crippen LogP contribution in [-0.2, 0) is 0 Å². The highest BCUT2D eigenvalue weighted by molar-refractivity contribution is 6.32. The van der Waals surface area contributed by atoms with Gasteiger partial charge in [0, 0.05) is 12.1 Å². The number of para-hydroxylation sites is 1. The van der Waals surface area contributed by atoms with Gasteiger partial charge >= 0.3 is 5.69 Å². The lowest BCUT2D eigenvalue weighted by Gasteiger charge is -2.06. The van der Waals surface area contributed by atoms with Crippen molar-refractivity contribution in [3.8, 4) is 11.5 Å².